The molecule has 0 fully saturated rings. The Morgan fingerprint density at radius 3 is 2.27 bits per heavy atom. The van der Waals surface area contributed by atoms with Crippen LogP contribution in [0.4, 0.5) is 0 Å². The molecule has 2 aromatic carbocycles. The molecule has 0 radical (unpaired) electrons. The summed E-state index contributed by atoms with van der Waals surface area (Å²) in [5.41, 5.74) is 3.63. The highest BCUT2D eigenvalue weighted by Crippen LogP contribution is 2.17. The van der Waals surface area contributed by atoms with E-state index in [0.29, 0.717) is 0 Å². The second-order valence-corrected chi connectivity index (χ2v) is 4.76. The van der Waals surface area contributed by atoms with Crippen LogP contribution in [0.1, 0.15) is 5.56 Å². The third-order valence-electron chi connectivity index (χ3n) is 2.55. The number of rotatable bonds is 2. The molecule has 1 nitrogen and oxygen atoms in total. The van der Waals surface area contributed by atoms with Gasteiger partial charge in [0.1, 0.15) is 0 Å². The lowest BCUT2D eigenvalue weighted by Gasteiger charge is -2.07. The Kier molecular flexibility index (Phi) is 2.99. The van der Waals surface area contributed by atoms with Crippen LogP contribution >= 0.6 is 0 Å². The molecular weight excluding hydrogens is 200 g/mol. The molecule has 0 unspecified atom stereocenters. The highest BCUT2D eigenvalue weighted by atomic mass is 28.2. The third-order valence-corrected chi connectivity index (χ3v) is 3.51. The molecule has 0 bridgehead atoms. The zero-order valence-corrected chi connectivity index (χ0v) is 10.2. The van der Waals surface area contributed by atoms with Gasteiger partial charge in [0.2, 0.25) is 0 Å². The van der Waals surface area contributed by atoms with Crippen LogP contribution in [0.25, 0.3) is 11.1 Å². The molecule has 0 spiro atoms. The van der Waals surface area contributed by atoms with Gasteiger partial charge in [-0.2, -0.15) is 0 Å². The topological polar surface area (TPSA) is 20.2 Å². The SMILES string of the molecule is Cc1ccc(-c2ccccc2[SiH2]O)cc1. The van der Waals surface area contributed by atoms with E-state index in [2.05, 4.69) is 37.3 Å². The molecule has 15 heavy (non-hydrogen) atoms. The third kappa shape index (κ3) is 2.17. The van der Waals surface area contributed by atoms with E-state index in [0.717, 1.165) is 5.19 Å². The summed E-state index contributed by atoms with van der Waals surface area (Å²) in [6.45, 7) is 2.08. The van der Waals surface area contributed by atoms with Gasteiger partial charge in [-0.15, -0.1) is 0 Å². The molecule has 0 aliphatic heterocycles. The Morgan fingerprint density at radius 1 is 0.933 bits per heavy atom. The normalized spacial score (nSPS) is 11.1. The Hall–Kier alpha value is -1.38. The summed E-state index contributed by atoms with van der Waals surface area (Å²) in [6, 6.07) is 16.5. The van der Waals surface area contributed by atoms with E-state index in [1.165, 1.54) is 16.7 Å². The summed E-state index contributed by atoms with van der Waals surface area (Å²) >= 11 is 0. The predicted octanol–water partition coefficient (Wildman–Crippen LogP) is 1.36. The van der Waals surface area contributed by atoms with E-state index in [9.17, 15) is 4.80 Å². The minimum atomic E-state index is -1.09. The molecule has 0 aliphatic rings. The Balaban J connectivity index is 2.49. The molecule has 0 aromatic heterocycles. The first kappa shape index (κ1) is 10.1. The van der Waals surface area contributed by atoms with Crippen molar-refractivity contribution in [1.29, 1.82) is 0 Å². The van der Waals surface area contributed by atoms with Crippen molar-refractivity contribution in [2.24, 2.45) is 0 Å². The van der Waals surface area contributed by atoms with E-state index >= 15 is 0 Å². The molecule has 0 saturated heterocycles. The average molecular weight is 214 g/mol. The maximum Gasteiger partial charge on any atom is 0.188 e. The monoisotopic (exact) mass is 214 g/mol. The van der Waals surface area contributed by atoms with Gasteiger partial charge in [-0.1, -0.05) is 54.1 Å². The van der Waals surface area contributed by atoms with Crippen LogP contribution in [0.15, 0.2) is 48.5 Å². The number of hydrogen-bond donors (Lipinski definition) is 1. The fraction of sp³-hybridized carbons (Fsp3) is 0.0769. The zero-order valence-electron chi connectivity index (χ0n) is 8.77. The van der Waals surface area contributed by atoms with Crippen LogP contribution in [0.3, 0.4) is 0 Å². The highest BCUT2D eigenvalue weighted by Gasteiger charge is 2.02. The van der Waals surface area contributed by atoms with E-state index in [4.69, 9.17) is 0 Å². The van der Waals surface area contributed by atoms with Gasteiger partial charge in [0.05, 0.1) is 0 Å². The molecule has 0 amide bonds. The van der Waals surface area contributed by atoms with E-state index in [1.54, 1.807) is 0 Å². The van der Waals surface area contributed by atoms with Gasteiger partial charge in [0, 0.05) is 0 Å². The van der Waals surface area contributed by atoms with E-state index < -0.39 is 9.76 Å². The standard InChI is InChI=1S/C13H14OSi/c1-10-6-8-11(9-7-10)12-4-2-3-5-13(12)15-14/h2-9,14H,15H2,1H3. The lowest BCUT2D eigenvalue weighted by molar-refractivity contribution is 0.615. The van der Waals surface area contributed by atoms with Crippen molar-refractivity contribution in [2.75, 3.05) is 0 Å². The number of hydrogen-bond acceptors (Lipinski definition) is 1. The van der Waals surface area contributed by atoms with Gasteiger partial charge < -0.3 is 4.80 Å². The predicted molar refractivity (Wildman–Crippen MR) is 67.0 cm³/mol. The number of aryl methyl sites for hydroxylation is 1. The van der Waals surface area contributed by atoms with E-state index in [1.807, 2.05) is 18.2 Å². The summed E-state index contributed by atoms with van der Waals surface area (Å²) < 4.78 is 0. The summed E-state index contributed by atoms with van der Waals surface area (Å²) in [4.78, 5) is 9.37. The second kappa shape index (κ2) is 4.42. The molecule has 0 atom stereocenters. The summed E-state index contributed by atoms with van der Waals surface area (Å²) in [5, 5.41) is 1.11. The van der Waals surface area contributed by atoms with Crippen molar-refractivity contribution >= 4 is 14.9 Å². The highest BCUT2D eigenvalue weighted by molar-refractivity contribution is 6.48. The fourth-order valence-corrected chi connectivity index (χ4v) is 2.41. The van der Waals surface area contributed by atoms with Crippen LogP contribution in [0.5, 0.6) is 0 Å². The van der Waals surface area contributed by atoms with Gasteiger partial charge in [-0.05, 0) is 23.2 Å². The molecule has 2 rings (SSSR count). The molecule has 0 aliphatic carbocycles. The summed E-state index contributed by atoms with van der Waals surface area (Å²) in [7, 11) is -1.09. The zero-order chi connectivity index (χ0) is 10.7. The van der Waals surface area contributed by atoms with Crippen molar-refractivity contribution in [3.63, 3.8) is 0 Å². The van der Waals surface area contributed by atoms with Crippen LogP contribution in [0.2, 0.25) is 0 Å². The first-order valence-corrected chi connectivity index (χ1v) is 6.41. The van der Waals surface area contributed by atoms with Crippen molar-refractivity contribution in [3.05, 3.63) is 54.1 Å². The van der Waals surface area contributed by atoms with Gasteiger partial charge >= 0.3 is 0 Å². The minimum Gasteiger partial charge on any atom is -0.433 e. The van der Waals surface area contributed by atoms with Gasteiger partial charge in [0.25, 0.3) is 0 Å². The maximum absolute atomic E-state index is 9.37. The van der Waals surface area contributed by atoms with Crippen LogP contribution < -0.4 is 5.19 Å². The maximum atomic E-state index is 9.37. The Morgan fingerprint density at radius 2 is 1.60 bits per heavy atom. The summed E-state index contributed by atoms with van der Waals surface area (Å²) in [5.74, 6) is 0. The quantitative estimate of drug-likeness (QED) is 0.749. The van der Waals surface area contributed by atoms with E-state index in [-0.39, 0.29) is 0 Å². The second-order valence-electron chi connectivity index (χ2n) is 3.68. The molecule has 76 valence electrons. The lowest BCUT2D eigenvalue weighted by Crippen LogP contribution is -2.15. The van der Waals surface area contributed by atoms with Crippen molar-refractivity contribution in [1.82, 2.24) is 0 Å². The van der Waals surface area contributed by atoms with Gasteiger partial charge in [0.15, 0.2) is 9.76 Å². The van der Waals surface area contributed by atoms with Crippen LogP contribution in [-0.4, -0.2) is 14.6 Å². The summed E-state index contributed by atoms with van der Waals surface area (Å²) in [6.07, 6.45) is 0. The Labute approximate surface area is 92.3 Å². The molecule has 2 aromatic rings. The molecule has 0 saturated carbocycles. The molecule has 0 heterocycles. The smallest absolute Gasteiger partial charge is 0.188 e. The largest absolute Gasteiger partial charge is 0.433 e. The minimum absolute atomic E-state index is 1.09. The van der Waals surface area contributed by atoms with Crippen LogP contribution in [-0.2, 0) is 0 Å². The number of benzene rings is 2. The first-order valence-electron chi connectivity index (χ1n) is 5.07. The lowest BCUT2D eigenvalue weighted by atomic mass is 10.0. The molecular formula is C13H14OSi. The van der Waals surface area contributed by atoms with Gasteiger partial charge in [-0.25, -0.2) is 0 Å². The Bertz CT molecular complexity index is 448. The van der Waals surface area contributed by atoms with Crippen molar-refractivity contribution in [3.8, 4) is 11.1 Å². The van der Waals surface area contributed by atoms with Crippen LogP contribution in [0, 0.1) is 6.92 Å². The molecule has 1 N–H and O–H groups in total. The molecule has 2 heteroatoms. The van der Waals surface area contributed by atoms with Gasteiger partial charge in [-0.3, -0.25) is 0 Å². The fourth-order valence-electron chi connectivity index (χ4n) is 1.67. The van der Waals surface area contributed by atoms with Crippen molar-refractivity contribution in [2.45, 2.75) is 6.92 Å². The average Bonchev–Trinajstić information content (AvgIpc) is 2.30. The van der Waals surface area contributed by atoms with Crippen molar-refractivity contribution < 1.29 is 4.80 Å². The first-order chi connectivity index (χ1) is 7.31.